The zero-order valence-electron chi connectivity index (χ0n) is 20.3. The van der Waals surface area contributed by atoms with Gasteiger partial charge in [-0.25, -0.2) is 9.97 Å². The number of ether oxygens (including phenoxy) is 2. The van der Waals surface area contributed by atoms with E-state index in [-0.39, 0.29) is 17.4 Å². The van der Waals surface area contributed by atoms with E-state index in [0.29, 0.717) is 75.8 Å². The molecule has 188 valence electrons. The topological polar surface area (TPSA) is 89.8 Å². The number of pyridine rings is 1. The van der Waals surface area contributed by atoms with Crippen LogP contribution in [0.3, 0.4) is 0 Å². The molecular weight excluding hydrogens is 458 g/mol. The van der Waals surface area contributed by atoms with Crippen molar-refractivity contribution in [3.8, 4) is 0 Å². The quantitative estimate of drug-likeness (QED) is 0.556. The lowest BCUT2D eigenvalue weighted by Gasteiger charge is -2.40. The maximum atomic E-state index is 13.7. The molecule has 1 unspecified atom stereocenters. The third kappa shape index (κ3) is 4.37. The number of hydrogen-bond acceptors (Lipinski definition) is 7. The van der Waals surface area contributed by atoms with Crippen molar-refractivity contribution >= 4 is 22.9 Å². The van der Waals surface area contributed by atoms with Crippen molar-refractivity contribution in [2.24, 2.45) is 5.92 Å². The standard InChI is InChI=1S/C27H31N5O4/c33-25(30-14-10-27(11-15-30)35-16-17-36-27)21-8-5-13-31(19-21)24-26(34)32(18-20-6-2-1-3-7-20)23-22(29-24)9-4-12-28-23/h1-4,6-7,9,12,21H,5,8,10-11,13-19H2. The van der Waals surface area contributed by atoms with Crippen LogP contribution in [0.4, 0.5) is 5.82 Å². The number of amides is 1. The summed E-state index contributed by atoms with van der Waals surface area (Å²) in [5.41, 5.74) is 2.09. The largest absolute Gasteiger partial charge is 0.351 e. The van der Waals surface area contributed by atoms with Gasteiger partial charge >= 0.3 is 0 Å². The molecule has 0 aliphatic carbocycles. The molecule has 0 N–H and O–H groups in total. The van der Waals surface area contributed by atoms with Gasteiger partial charge in [0, 0.05) is 45.2 Å². The molecule has 3 saturated heterocycles. The SMILES string of the molecule is O=C(C1CCCN(c2nc3cccnc3n(Cc3ccccc3)c2=O)C1)N1CCC2(CC1)OCCO2. The number of fused-ring (bicyclic) bond motifs is 1. The first-order valence-corrected chi connectivity index (χ1v) is 12.8. The van der Waals surface area contributed by atoms with Gasteiger partial charge in [-0.05, 0) is 30.5 Å². The number of anilines is 1. The van der Waals surface area contributed by atoms with Gasteiger partial charge in [-0.1, -0.05) is 30.3 Å². The number of hydrogen-bond donors (Lipinski definition) is 0. The van der Waals surface area contributed by atoms with Gasteiger partial charge in [0.25, 0.3) is 5.56 Å². The van der Waals surface area contributed by atoms with Crippen molar-refractivity contribution in [2.75, 3.05) is 44.3 Å². The molecule has 1 aromatic carbocycles. The Balaban J connectivity index is 1.24. The highest BCUT2D eigenvalue weighted by atomic mass is 16.7. The van der Waals surface area contributed by atoms with Crippen LogP contribution in [0.5, 0.6) is 0 Å². The van der Waals surface area contributed by atoms with Gasteiger partial charge in [0.1, 0.15) is 5.52 Å². The second kappa shape index (κ2) is 9.63. The van der Waals surface area contributed by atoms with E-state index in [0.717, 1.165) is 18.4 Å². The Labute approximate surface area is 209 Å². The minimum atomic E-state index is -0.498. The van der Waals surface area contributed by atoms with Crippen LogP contribution in [-0.4, -0.2) is 70.5 Å². The highest BCUT2D eigenvalue weighted by molar-refractivity contribution is 5.80. The minimum absolute atomic E-state index is 0.152. The smallest absolute Gasteiger partial charge is 0.295 e. The van der Waals surface area contributed by atoms with Crippen molar-refractivity contribution in [1.29, 1.82) is 0 Å². The van der Waals surface area contributed by atoms with Gasteiger partial charge < -0.3 is 19.3 Å². The summed E-state index contributed by atoms with van der Waals surface area (Å²) in [5.74, 6) is -0.108. The maximum absolute atomic E-state index is 13.7. The predicted octanol–water partition coefficient (Wildman–Crippen LogP) is 2.42. The second-order valence-corrected chi connectivity index (χ2v) is 9.88. The lowest BCUT2D eigenvalue weighted by molar-refractivity contribution is -0.188. The average molecular weight is 490 g/mol. The Bertz CT molecular complexity index is 1290. The highest BCUT2D eigenvalue weighted by Crippen LogP contribution is 2.32. The Morgan fingerprint density at radius 3 is 2.58 bits per heavy atom. The third-order valence-corrected chi connectivity index (χ3v) is 7.59. The molecule has 9 nitrogen and oxygen atoms in total. The minimum Gasteiger partial charge on any atom is -0.351 e. The molecule has 3 aromatic rings. The third-order valence-electron chi connectivity index (χ3n) is 7.59. The van der Waals surface area contributed by atoms with E-state index in [1.54, 1.807) is 10.8 Å². The fraction of sp³-hybridized carbons (Fsp3) is 0.481. The summed E-state index contributed by atoms with van der Waals surface area (Å²) in [6.07, 6.45) is 4.75. The van der Waals surface area contributed by atoms with Gasteiger partial charge in [0.15, 0.2) is 17.3 Å². The summed E-state index contributed by atoms with van der Waals surface area (Å²) in [4.78, 5) is 40.3. The molecule has 1 atom stereocenters. The van der Waals surface area contributed by atoms with Gasteiger partial charge in [0.2, 0.25) is 5.91 Å². The summed E-state index contributed by atoms with van der Waals surface area (Å²) in [5, 5.41) is 0. The van der Waals surface area contributed by atoms with Crippen molar-refractivity contribution in [2.45, 2.75) is 38.0 Å². The van der Waals surface area contributed by atoms with Gasteiger partial charge in [-0.15, -0.1) is 0 Å². The molecule has 1 amide bonds. The van der Waals surface area contributed by atoms with Crippen molar-refractivity contribution < 1.29 is 14.3 Å². The lowest BCUT2D eigenvalue weighted by Crippen LogP contribution is -2.51. The zero-order valence-corrected chi connectivity index (χ0v) is 20.3. The number of benzene rings is 1. The second-order valence-electron chi connectivity index (χ2n) is 9.88. The van der Waals surface area contributed by atoms with E-state index >= 15 is 0 Å². The average Bonchev–Trinajstić information content (AvgIpc) is 3.38. The maximum Gasteiger partial charge on any atom is 0.295 e. The monoisotopic (exact) mass is 489 g/mol. The van der Waals surface area contributed by atoms with Crippen molar-refractivity contribution in [3.63, 3.8) is 0 Å². The molecule has 3 fully saturated rings. The first-order valence-electron chi connectivity index (χ1n) is 12.8. The van der Waals surface area contributed by atoms with Gasteiger partial charge in [-0.2, -0.15) is 0 Å². The summed E-state index contributed by atoms with van der Waals surface area (Å²) >= 11 is 0. The summed E-state index contributed by atoms with van der Waals surface area (Å²) < 4.78 is 13.3. The van der Waals surface area contributed by atoms with Crippen LogP contribution in [0.1, 0.15) is 31.2 Å². The molecule has 2 aromatic heterocycles. The van der Waals surface area contributed by atoms with E-state index in [9.17, 15) is 9.59 Å². The normalized spacial score (nSPS) is 21.8. The molecule has 3 aliphatic heterocycles. The number of likely N-dealkylation sites (tertiary alicyclic amines) is 1. The number of piperidine rings is 2. The molecule has 9 heteroatoms. The van der Waals surface area contributed by atoms with Crippen LogP contribution in [0.15, 0.2) is 53.5 Å². The van der Waals surface area contributed by atoms with Gasteiger partial charge in [-0.3, -0.25) is 14.2 Å². The fourth-order valence-electron chi connectivity index (χ4n) is 5.66. The number of nitrogens with zero attached hydrogens (tertiary/aromatic N) is 5. The van der Waals surface area contributed by atoms with Crippen molar-refractivity contribution in [1.82, 2.24) is 19.4 Å². The van der Waals surface area contributed by atoms with Crippen LogP contribution >= 0.6 is 0 Å². The Hall–Kier alpha value is -3.30. The first-order chi connectivity index (χ1) is 17.6. The molecule has 6 rings (SSSR count). The zero-order chi connectivity index (χ0) is 24.5. The van der Waals surface area contributed by atoms with E-state index < -0.39 is 5.79 Å². The van der Waals surface area contributed by atoms with Crippen LogP contribution in [-0.2, 0) is 20.8 Å². The number of carbonyl (C=O) groups excluding carboxylic acids is 1. The summed E-state index contributed by atoms with van der Waals surface area (Å²) in [6.45, 7) is 4.14. The van der Waals surface area contributed by atoms with Crippen LogP contribution in [0.2, 0.25) is 0 Å². The molecule has 3 aliphatic rings. The first kappa shape index (κ1) is 23.1. The molecule has 36 heavy (non-hydrogen) atoms. The lowest BCUT2D eigenvalue weighted by atomic mass is 9.94. The van der Waals surface area contributed by atoms with E-state index in [1.165, 1.54) is 0 Å². The fourth-order valence-corrected chi connectivity index (χ4v) is 5.66. The number of rotatable bonds is 4. The summed E-state index contributed by atoms with van der Waals surface area (Å²) in [7, 11) is 0. The molecule has 0 saturated carbocycles. The Morgan fingerprint density at radius 1 is 1.03 bits per heavy atom. The Kier molecular flexibility index (Phi) is 6.18. The predicted molar refractivity (Wildman–Crippen MR) is 135 cm³/mol. The molecular formula is C27H31N5O4. The Morgan fingerprint density at radius 2 is 1.81 bits per heavy atom. The van der Waals surface area contributed by atoms with Gasteiger partial charge in [0.05, 0.1) is 25.7 Å². The van der Waals surface area contributed by atoms with E-state index in [2.05, 4.69) is 4.98 Å². The van der Waals surface area contributed by atoms with E-state index in [1.807, 2.05) is 52.3 Å². The van der Waals surface area contributed by atoms with Crippen LogP contribution < -0.4 is 10.5 Å². The molecule has 0 radical (unpaired) electrons. The van der Waals surface area contributed by atoms with Crippen LogP contribution in [0.25, 0.3) is 11.2 Å². The highest BCUT2D eigenvalue weighted by Gasteiger charge is 2.42. The molecule has 5 heterocycles. The summed E-state index contributed by atoms with van der Waals surface area (Å²) in [6, 6.07) is 13.6. The van der Waals surface area contributed by atoms with Crippen molar-refractivity contribution in [3.05, 3.63) is 64.6 Å². The molecule has 1 spiro atoms. The number of carbonyl (C=O) groups is 1. The number of aromatic nitrogens is 3. The molecule has 0 bridgehead atoms. The van der Waals surface area contributed by atoms with Crippen LogP contribution in [0, 0.1) is 5.92 Å². The van der Waals surface area contributed by atoms with E-state index in [4.69, 9.17) is 14.5 Å².